The van der Waals surface area contributed by atoms with E-state index in [1.807, 2.05) is 39.8 Å². The fourth-order valence-electron chi connectivity index (χ4n) is 0.118. The van der Waals surface area contributed by atoms with Crippen molar-refractivity contribution in [2.24, 2.45) is 0 Å². The minimum absolute atomic E-state index is 0. The van der Waals surface area contributed by atoms with Crippen molar-refractivity contribution in [3.63, 3.8) is 0 Å². The second-order valence-corrected chi connectivity index (χ2v) is 1.24. The molecule has 0 aliphatic heterocycles. The van der Waals surface area contributed by atoms with Gasteiger partial charge in [-0.05, 0) is 13.8 Å². The van der Waals surface area contributed by atoms with Gasteiger partial charge in [-0.3, -0.25) is 0 Å². The van der Waals surface area contributed by atoms with Crippen LogP contribution in [0.4, 0.5) is 0 Å². The molecule has 0 aromatic heterocycles. The Hall–Kier alpha value is -0.196. The van der Waals surface area contributed by atoms with E-state index in [0.29, 0.717) is 0 Å². The van der Waals surface area contributed by atoms with Gasteiger partial charge in [0, 0.05) is 18.6 Å². The zero-order valence-corrected chi connectivity index (χ0v) is 9.62. The van der Waals surface area contributed by atoms with Crippen LogP contribution < -0.4 is 0 Å². The smallest absolute Gasteiger partial charge is 0 e. The van der Waals surface area contributed by atoms with Gasteiger partial charge in [0.2, 0.25) is 0 Å². The van der Waals surface area contributed by atoms with Gasteiger partial charge >= 0.3 is 0 Å². The van der Waals surface area contributed by atoms with Crippen LogP contribution in [0.25, 0.3) is 0 Å². The summed E-state index contributed by atoms with van der Waals surface area (Å²) in [5.41, 5.74) is 1.23. The molecule has 0 unspecified atom stereocenters. The van der Waals surface area contributed by atoms with Crippen molar-refractivity contribution in [2.75, 3.05) is 0 Å². The van der Waals surface area contributed by atoms with Gasteiger partial charge in [-0.25, -0.2) is 0 Å². The molecule has 0 aromatic rings. The molecule has 0 N–H and O–H groups in total. The Balaban J connectivity index is -0.0000000428. The second-order valence-electron chi connectivity index (χ2n) is 1.24. The van der Waals surface area contributed by atoms with Crippen LogP contribution in [0.15, 0.2) is 37.5 Å². The summed E-state index contributed by atoms with van der Waals surface area (Å²) in [6, 6.07) is 0. The third-order valence-corrected chi connectivity index (χ3v) is 0.777. The van der Waals surface area contributed by atoms with E-state index < -0.39 is 0 Å². The first-order valence-corrected chi connectivity index (χ1v) is 3.56. The summed E-state index contributed by atoms with van der Waals surface area (Å²) in [7, 11) is 0. The van der Waals surface area contributed by atoms with Gasteiger partial charge in [0.25, 0.3) is 0 Å². The van der Waals surface area contributed by atoms with Crippen molar-refractivity contribution < 1.29 is 18.6 Å². The van der Waals surface area contributed by atoms with Crippen LogP contribution in [-0.2, 0) is 18.6 Å². The van der Waals surface area contributed by atoms with E-state index in [1.54, 1.807) is 0 Å². The third kappa shape index (κ3) is 41.3. The van der Waals surface area contributed by atoms with Crippen LogP contribution in [0.1, 0.15) is 27.7 Å². The van der Waals surface area contributed by atoms with E-state index >= 15 is 0 Å². The maximum atomic E-state index is 3.56. The molecule has 0 saturated carbocycles. The van der Waals surface area contributed by atoms with Gasteiger partial charge in [-0.2, -0.15) is 0 Å². The Morgan fingerprint density at radius 3 is 1.45 bits per heavy atom. The van der Waals surface area contributed by atoms with Crippen molar-refractivity contribution in [1.29, 1.82) is 0 Å². The van der Waals surface area contributed by atoms with Crippen molar-refractivity contribution in [1.82, 2.24) is 0 Å². The standard InChI is InChI=1S/C6H10.C2H6.C2H4.V/c1-4-6(3)5-2;2*1-2;/h4-5H,1H2,2-3H3;1-2H3;1-2H2;/b6-5-;;;. The Kier molecular flexibility index (Phi) is 67.1. The zero-order valence-electron chi connectivity index (χ0n) is 8.22. The SMILES string of the molecule is C=C.C=C/C(C)=C\C.CC.[V]. The molecule has 0 amide bonds. The summed E-state index contributed by atoms with van der Waals surface area (Å²) in [4.78, 5) is 0. The van der Waals surface area contributed by atoms with E-state index in [9.17, 15) is 0 Å². The Labute approximate surface area is 84.0 Å². The molecule has 0 fully saturated rings. The monoisotopic (exact) mass is 191 g/mol. The number of hydrogen-bond donors (Lipinski definition) is 0. The van der Waals surface area contributed by atoms with Gasteiger partial charge < -0.3 is 0 Å². The minimum atomic E-state index is 0. The first kappa shape index (κ1) is 22.4. The molecule has 0 heterocycles. The largest absolute Gasteiger partial charge is 0.106 e. The van der Waals surface area contributed by atoms with E-state index in [0.717, 1.165) is 0 Å². The minimum Gasteiger partial charge on any atom is -0.106 e. The van der Waals surface area contributed by atoms with Crippen LogP contribution in [-0.4, -0.2) is 0 Å². The van der Waals surface area contributed by atoms with Gasteiger partial charge in [-0.15, -0.1) is 13.2 Å². The van der Waals surface area contributed by atoms with Gasteiger partial charge in [0.05, 0.1) is 0 Å². The average Bonchev–Trinajstić information content (AvgIpc) is 2.10. The van der Waals surface area contributed by atoms with Crippen LogP contribution in [0, 0.1) is 0 Å². The maximum absolute atomic E-state index is 3.56. The van der Waals surface area contributed by atoms with Crippen LogP contribution in [0.2, 0.25) is 0 Å². The molecular formula is C10H20V. The topological polar surface area (TPSA) is 0 Å². The van der Waals surface area contributed by atoms with Gasteiger partial charge in [0.15, 0.2) is 0 Å². The molecule has 1 radical (unpaired) electrons. The number of rotatable bonds is 1. The normalized spacial score (nSPS) is 7.09. The predicted octanol–water partition coefficient (Wildman–Crippen LogP) is 3.96. The molecule has 0 atom stereocenters. The summed E-state index contributed by atoms with van der Waals surface area (Å²) in [5, 5.41) is 0. The van der Waals surface area contributed by atoms with E-state index in [-0.39, 0.29) is 18.6 Å². The van der Waals surface area contributed by atoms with Crippen molar-refractivity contribution in [2.45, 2.75) is 27.7 Å². The maximum Gasteiger partial charge on any atom is 0 e. The Morgan fingerprint density at radius 2 is 1.45 bits per heavy atom. The Bertz CT molecular complexity index is 82.9. The number of hydrogen-bond acceptors (Lipinski definition) is 0. The Morgan fingerprint density at radius 1 is 1.18 bits per heavy atom. The summed E-state index contributed by atoms with van der Waals surface area (Å²) < 4.78 is 0. The molecule has 0 rings (SSSR count). The second kappa shape index (κ2) is 32.9. The average molecular weight is 191 g/mol. The van der Waals surface area contributed by atoms with Gasteiger partial charge in [-0.1, -0.05) is 38.2 Å². The van der Waals surface area contributed by atoms with E-state index in [2.05, 4.69) is 19.7 Å². The van der Waals surface area contributed by atoms with Crippen molar-refractivity contribution in [3.8, 4) is 0 Å². The molecule has 0 bridgehead atoms. The van der Waals surface area contributed by atoms with Crippen LogP contribution >= 0.6 is 0 Å². The molecule has 0 nitrogen and oxygen atoms in total. The van der Waals surface area contributed by atoms with Crippen molar-refractivity contribution >= 4 is 0 Å². The molecule has 11 heavy (non-hydrogen) atoms. The predicted molar refractivity (Wildman–Crippen MR) is 52.2 cm³/mol. The quantitative estimate of drug-likeness (QED) is 0.434. The summed E-state index contributed by atoms with van der Waals surface area (Å²) >= 11 is 0. The summed E-state index contributed by atoms with van der Waals surface area (Å²) in [6.45, 7) is 17.6. The third-order valence-electron chi connectivity index (χ3n) is 0.777. The molecule has 0 aliphatic carbocycles. The van der Waals surface area contributed by atoms with Crippen LogP contribution in [0.3, 0.4) is 0 Å². The fraction of sp³-hybridized carbons (Fsp3) is 0.400. The summed E-state index contributed by atoms with van der Waals surface area (Å²) in [6.07, 6.45) is 3.85. The van der Waals surface area contributed by atoms with Crippen molar-refractivity contribution in [3.05, 3.63) is 37.5 Å². The molecule has 0 spiro atoms. The molecule has 65 valence electrons. The molecule has 0 aromatic carbocycles. The fourth-order valence-corrected chi connectivity index (χ4v) is 0.118. The molecule has 1 heteroatoms. The number of allylic oxidation sites excluding steroid dienone is 3. The first-order valence-electron chi connectivity index (χ1n) is 3.56. The molecular weight excluding hydrogens is 171 g/mol. The summed E-state index contributed by atoms with van der Waals surface area (Å²) in [5.74, 6) is 0. The van der Waals surface area contributed by atoms with E-state index in [1.165, 1.54) is 5.57 Å². The first-order chi connectivity index (χ1) is 4.81. The van der Waals surface area contributed by atoms with E-state index in [4.69, 9.17) is 0 Å². The van der Waals surface area contributed by atoms with Crippen LogP contribution in [0.5, 0.6) is 0 Å². The molecule has 0 aliphatic rings. The van der Waals surface area contributed by atoms with Gasteiger partial charge in [0.1, 0.15) is 0 Å². The zero-order chi connectivity index (χ0) is 8.99. The molecule has 0 saturated heterocycles.